The van der Waals surface area contributed by atoms with E-state index in [1.807, 2.05) is 35.4 Å². The Balaban J connectivity index is 1.55. The molecule has 116 valence electrons. The van der Waals surface area contributed by atoms with Crippen molar-refractivity contribution in [3.63, 3.8) is 0 Å². The summed E-state index contributed by atoms with van der Waals surface area (Å²) in [5.74, 6) is 0.0822. The van der Waals surface area contributed by atoms with E-state index in [0.717, 1.165) is 35.9 Å². The van der Waals surface area contributed by atoms with Crippen molar-refractivity contribution in [2.75, 3.05) is 26.8 Å². The lowest BCUT2D eigenvalue weighted by Crippen LogP contribution is -2.36. The van der Waals surface area contributed by atoms with Crippen LogP contribution in [0, 0.1) is 0 Å². The van der Waals surface area contributed by atoms with E-state index in [0.29, 0.717) is 13.2 Å². The first-order chi connectivity index (χ1) is 10.7. The summed E-state index contributed by atoms with van der Waals surface area (Å²) >= 11 is 0. The fourth-order valence-electron chi connectivity index (χ4n) is 3.68. The highest BCUT2D eigenvalue weighted by Crippen LogP contribution is 2.36. The SMILES string of the molecule is COC1COC2(CCN(C(=O)c3c[nH]c4ccccc34)C2)C1. The number of para-hydroxylation sites is 1. The Kier molecular flexibility index (Phi) is 3.20. The number of aromatic nitrogens is 1. The molecular formula is C17H20N2O3. The van der Waals surface area contributed by atoms with E-state index in [1.165, 1.54) is 0 Å². The number of aromatic amines is 1. The van der Waals surface area contributed by atoms with E-state index in [4.69, 9.17) is 9.47 Å². The van der Waals surface area contributed by atoms with Gasteiger partial charge in [0.15, 0.2) is 0 Å². The van der Waals surface area contributed by atoms with Crippen LogP contribution < -0.4 is 0 Å². The third-order valence-corrected chi connectivity index (χ3v) is 4.93. The average Bonchev–Trinajstić information content (AvgIpc) is 3.26. The Morgan fingerprint density at radius 2 is 2.32 bits per heavy atom. The van der Waals surface area contributed by atoms with Gasteiger partial charge in [-0.05, 0) is 12.5 Å². The van der Waals surface area contributed by atoms with Crippen LogP contribution in [0.3, 0.4) is 0 Å². The molecule has 22 heavy (non-hydrogen) atoms. The first-order valence-electron chi connectivity index (χ1n) is 7.73. The molecule has 1 spiro atoms. The van der Waals surface area contributed by atoms with Gasteiger partial charge in [-0.1, -0.05) is 18.2 Å². The second-order valence-electron chi connectivity index (χ2n) is 6.28. The van der Waals surface area contributed by atoms with Crippen LogP contribution >= 0.6 is 0 Å². The number of carbonyl (C=O) groups excluding carboxylic acids is 1. The van der Waals surface area contributed by atoms with Gasteiger partial charge in [-0.2, -0.15) is 0 Å². The third kappa shape index (κ3) is 2.12. The summed E-state index contributed by atoms with van der Waals surface area (Å²) in [5.41, 5.74) is 1.54. The van der Waals surface area contributed by atoms with Gasteiger partial charge in [0.2, 0.25) is 0 Å². The van der Waals surface area contributed by atoms with Crippen LogP contribution in [0.25, 0.3) is 10.9 Å². The molecule has 2 aromatic rings. The minimum Gasteiger partial charge on any atom is -0.379 e. The minimum absolute atomic E-state index is 0.0822. The molecule has 4 rings (SSSR count). The lowest BCUT2D eigenvalue weighted by atomic mass is 9.98. The number of rotatable bonds is 2. The molecule has 0 aliphatic carbocycles. The van der Waals surface area contributed by atoms with Crippen LogP contribution in [0.5, 0.6) is 0 Å². The van der Waals surface area contributed by atoms with E-state index in [9.17, 15) is 4.79 Å². The number of benzene rings is 1. The van der Waals surface area contributed by atoms with Crippen molar-refractivity contribution < 1.29 is 14.3 Å². The number of likely N-dealkylation sites (tertiary alicyclic amines) is 1. The monoisotopic (exact) mass is 300 g/mol. The van der Waals surface area contributed by atoms with E-state index < -0.39 is 0 Å². The van der Waals surface area contributed by atoms with Gasteiger partial charge >= 0.3 is 0 Å². The van der Waals surface area contributed by atoms with Crippen LogP contribution in [0.1, 0.15) is 23.2 Å². The quantitative estimate of drug-likeness (QED) is 0.925. The van der Waals surface area contributed by atoms with Gasteiger partial charge < -0.3 is 19.4 Å². The Morgan fingerprint density at radius 3 is 3.14 bits per heavy atom. The molecule has 2 unspecified atom stereocenters. The third-order valence-electron chi connectivity index (χ3n) is 4.93. The van der Waals surface area contributed by atoms with E-state index in [2.05, 4.69) is 4.98 Å². The number of amides is 1. The predicted molar refractivity (Wildman–Crippen MR) is 82.9 cm³/mol. The Bertz CT molecular complexity index is 711. The lowest BCUT2D eigenvalue weighted by Gasteiger charge is -2.23. The summed E-state index contributed by atoms with van der Waals surface area (Å²) in [6.45, 7) is 2.03. The van der Waals surface area contributed by atoms with Crippen molar-refractivity contribution in [3.8, 4) is 0 Å². The topological polar surface area (TPSA) is 54.6 Å². The number of H-pyrrole nitrogens is 1. The Hall–Kier alpha value is -1.85. The van der Waals surface area contributed by atoms with Crippen LogP contribution in [-0.2, 0) is 9.47 Å². The lowest BCUT2D eigenvalue weighted by molar-refractivity contribution is 0.00704. The molecule has 0 bridgehead atoms. The maximum absolute atomic E-state index is 12.8. The number of nitrogens with zero attached hydrogens (tertiary/aromatic N) is 1. The number of ether oxygens (including phenoxy) is 2. The molecule has 1 N–H and O–H groups in total. The molecule has 2 aliphatic heterocycles. The largest absolute Gasteiger partial charge is 0.379 e. The minimum atomic E-state index is -0.206. The first kappa shape index (κ1) is 13.8. The average molecular weight is 300 g/mol. The standard InChI is InChI=1S/C17H20N2O3/c1-21-12-8-17(22-10-12)6-7-19(11-17)16(20)14-9-18-15-5-3-2-4-13(14)15/h2-5,9,12,18H,6-8,10-11H2,1H3. The van der Waals surface area contributed by atoms with Gasteiger partial charge in [0.25, 0.3) is 5.91 Å². The molecule has 5 heteroatoms. The molecule has 2 atom stereocenters. The highest BCUT2D eigenvalue weighted by molar-refractivity contribution is 6.06. The second-order valence-corrected chi connectivity index (χ2v) is 6.28. The molecule has 1 aromatic heterocycles. The Labute approximate surface area is 129 Å². The van der Waals surface area contributed by atoms with Gasteiger partial charge in [-0.15, -0.1) is 0 Å². The van der Waals surface area contributed by atoms with Crippen molar-refractivity contribution in [2.45, 2.75) is 24.5 Å². The van der Waals surface area contributed by atoms with Crippen molar-refractivity contribution in [3.05, 3.63) is 36.0 Å². The van der Waals surface area contributed by atoms with Crippen LogP contribution in [-0.4, -0.2) is 54.3 Å². The molecule has 2 fully saturated rings. The maximum atomic E-state index is 12.8. The van der Waals surface area contributed by atoms with E-state index in [1.54, 1.807) is 7.11 Å². The number of fused-ring (bicyclic) bond motifs is 1. The summed E-state index contributed by atoms with van der Waals surface area (Å²) < 4.78 is 11.4. The molecule has 1 amide bonds. The van der Waals surface area contributed by atoms with Gasteiger partial charge in [0.05, 0.1) is 30.4 Å². The highest BCUT2D eigenvalue weighted by Gasteiger charge is 2.47. The van der Waals surface area contributed by atoms with Gasteiger partial charge in [-0.25, -0.2) is 0 Å². The number of methoxy groups -OCH3 is 1. The summed E-state index contributed by atoms with van der Waals surface area (Å²) in [6, 6.07) is 7.90. The number of nitrogens with one attached hydrogen (secondary N) is 1. The zero-order valence-electron chi connectivity index (χ0n) is 12.7. The molecule has 3 heterocycles. The Morgan fingerprint density at radius 1 is 1.45 bits per heavy atom. The summed E-state index contributed by atoms with van der Waals surface area (Å²) in [7, 11) is 1.72. The van der Waals surface area contributed by atoms with Gasteiger partial charge in [0, 0.05) is 37.2 Å². The second kappa shape index (κ2) is 5.11. The molecule has 5 nitrogen and oxygen atoms in total. The number of hydrogen-bond acceptors (Lipinski definition) is 3. The number of hydrogen-bond donors (Lipinski definition) is 1. The maximum Gasteiger partial charge on any atom is 0.256 e. The molecule has 0 saturated carbocycles. The van der Waals surface area contributed by atoms with Crippen LogP contribution in [0.4, 0.5) is 0 Å². The van der Waals surface area contributed by atoms with Gasteiger partial charge in [-0.3, -0.25) is 4.79 Å². The summed E-state index contributed by atoms with van der Waals surface area (Å²) in [5, 5.41) is 0.982. The van der Waals surface area contributed by atoms with Crippen molar-refractivity contribution in [1.82, 2.24) is 9.88 Å². The first-order valence-corrected chi connectivity index (χ1v) is 7.73. The number of carbonyl (C=O) groups is 1. The molecule has 2 saturated heterocycles. The van der Waals surface area contributed by atoms with E-state index >= 15 is 0 Å². The van der Waals surface area contributed by atoms with Crippen LogP contribution in [0.2, 0.25) is 0 Å². The van der Waals surface area contributed by atoms with Crippen molar-refractivity contribution >= 4 is 16.8 Å². The smallest absolute Gasteiger partial charge is 0.256 e. The predicted octanol–water partition coefficient (Wildman–Crippen LogP) is 2.19. The van der Waals surface area contributed by atoms with Gasteiger partial charge in [0.1, 0.15) is 0 Å². The van der Waals surface area contributed by atoms with Crippen molar-refractivity contribution in [1.29, 1.82) is 0 Å². The fraction of sp³-hybridized carbons (Fsp3) is 0.471. The molecule has 2 aliphatic rings. The highest BCUT2D eigenvalue weighted by atomic mass is 16.6. The molecule has 0 radical (unpaired) electrons. The van der Waals surface area contributed by atoms with Crippen molar-refractivity contribution in [2.24, 2.45) is 0 Å². The summed E-state index contributed by atoms with van der Waals surface area (Å²) in [6.07, 6.45) is 3.73. The molecule has 1 aromatic carbocycles. The zero-order valence-corrected chi connectivity index (χ0v) is 12.7. The fourth-order valence-corrected chi connectivity index (χ4v) is 3.68. The van der Waals surface area contributed by atoms with E-state index in [-0.39, 0.29) is 17.6 Å². The van der Waals surface area contributed by atoms with Crippen LogP contribution in [0.15, 0.2) is 30.5 Å². The summed E-state index contributed by atoms with van der Waals surface area (Å²) in [4.78, 5) is 17.9. The molecular weight excluding hydrogens is 280 g/mol. The normalized spacial score (nSPS) is 28.0. The zero-order chi connectivity index (χ0) is 15.2.